The molecule has 11 heteroatoms. The van der Waals surface area contributed by atoms with Gasteiger partial charge in [0.25, 0.3) is 5.91 Å². The number of rotatable bonds is 7. The zero-order valence-electron chi connectivity index (χ0n) is 21.5. The van der Waals surface area contributed by atoms with Gasteiger partial charge in [0, 0.05) is 37.1 Å². The Morgan fingerprint density at radius 2 is 2.02 bits per heavy atom. The number of likely N-dealkylation sites (tertiary alicyclic amines) is 1. The fraction of sp³-hybridized carbons (Fsp3) is 0.207. The third-order valence-corrected chi connectivity index (χ3v) is 7.98. The largest absolute Gasteiger partial charge is 0.489 e. The third kappa shape index (κ3) is 4.87. The molecule has 2 N–H and O–H groups in total. The summed E-state index contributed by atoms with van der Waals surface area (Å²) in [7, 11) is 0. The number of carbonyl (C=O) groups is 3. The van der Waals surface area contributed by atoms with Crippen LogP contribution in [-0.4, -0.2) is 51.8 Å². The molecule has 1 atom stereocenters. The van der Waals surface area contributed by atoms with Crippen LogP contribution in [0.5, 0.6) is 5.75 Å². The molecule has 2 aliphatic rings. The van der Waals surface area contributed by atoms with Gasteiger partial charge in [0.15, 0.2) is 0 Å². The molecule has 0 spiro atoms. The monoisotopic (exact) mass is 554 g/mol. The summed E-state index contributed by atoms with van der Waals surface area (Å²) >= 11 is 1.22. The molecule has 1 unspecified atom stereocenters. The number of nitrogens with one attached hydrogen (secondary N) is 2. The maximum atomic E-state index is 13.4. The van der Waals surface area contributed by atoms with E-state index in [-0.39, 0.29) is 17.9 Å². The van der Waals surface area contributed by atoms with Gasteiger partial charge in [-0.05, 0) is 43.2 Å². The van der Waals surface area contributed by atoms with E-state index in [0.717, 1.165) is 24.2 Å². The highest BCUT2D eigenvalue weighted by Gasteiger charge is 2.34. The molecule has 0 radical (unpaired) electrons. The highest BCUT2D eigenvalue weighted by Crippen LogP contribution is 2.45. The van der Waals surface area contributed by atoms with E-state index in [1.54, 1.807) is 29.4 Å². The highest BCUT2D eigenvalue weighted by atomic mass is 32.1. The summed E-state index contributed by atoms with van der Waals surface area (Å²) in [4.78, 5) is 51.9. The number of aromatic nitrogens is 2. The fourth-order valence-electron chi connectivity index (χ4n) is 4.96. The SMILES string of the molecule is C=CC(=O)N1CCCC(NC(=O)c2sc3nccc4c3c2NC(=O)N4c2ccc(COc3ccccc3)cn2)C1. The Kier molecular flexibility index (Phi) is 6.87. The van der Waals surface area contributed by atoms with Gasteiger partial charge >= 0.3 is 6.03 Å². The van der Waals surface area contributed by atoms with E-state index in [4.69, 9.17) is 4.74 Å². The fourth-order valence-corrected chi connectivity index (χ4v) is 5.99. The summed E-state index contributed by atoms with van der Waals surface area (Å²) in [6, 6.07) is 14.3. The van der Waals surface area contributed by atoms with Crippen LogP contribution in [0.1, 0.15) is 28.1 Å². The Morgan fingerprint density at radius 3 is 2.80 bits per heavy atom. The van der Waals surface area contributed by atoms with Crippen molar-refractivity contribution in [2.45, 2.75) is 25.5 Å². The Labute approximate surface area is 234 Å². The van der Waals surface area contributed by atoms with Gasteiger partial charge in [-0.25, -0.2) is 19.7 Å². The molecule has 1 saturated heterocycles. The van der Waals surface area contributed by atoms with E-state index in [1.807, 2.05) is 36.4 Å². The van der Waals surface area contributed by atoms with Crippen molar-refractivity contribution in [1.82, 2.24) is 20.2 Å². The molecule has 1 aromatic carbocycles. The summed E-state index contributed by atoms with van der Waals surface area (Å²) < 4.78 is 5.79. The number of carbonyl (C=O) groups excluding carboxylic acids is 3. The molecule has 5 heterocycles. The second-order valence-electron chi connectivity index (χ2n) is 9.51. The Hall–Kier alpha value is -4.77. The first-order chi connectivity index (χ1) is 19.5. The van der Waals surface area contributed by atoms with E-state index < -0.39 is 6.03 Å². The van der Waals surface area contributed by atoms with Gasteiger partial charge < -0.3 is 20.3 Å². The molecule has 0 bridgehead atoms. The number of anilines is 3. The summed E-state index contributed by atoms with van der Waals surface area (Å²) in [5.74, 6) is 0.738. The second kappa shape index (κ2) is 10.8. The van der Waals surface area contributed by atoms with E-state index in [1.165, 1.54) is 22.3 Å². The van der Waals surface area contributed by atoms with E-state index in [9.17, 15) is 14.4 Å². The van der Waals surface area contributed by atoms with Crippen molar-refractivity contribution in [2.24, 2.45) is 0 Å². The average molecular weight is 555 g/mol. The molecule has 1 fully saturated rings. The lowest BCUT2D eigenvalue weighted by Crippen LogP contribution is -2.49. The lowest BCUT2D eigenvalue weighted by atomic mass is 10.1. The Morgan fingerprint density at radius 1 is 1.18 bits per heavy atom. The zero-order chi connectivity index (χ0) is 27.6. The van der Waals surface area contributed by atoms with Crippen molar-refractivity contribution < 1.29 is 19.1 Å². The van der Waals surface area contributed by atoms with Gasteiger partial charge in [-0.1, -0.05) is 30.8 Å². The summed E-state index contributed by atoms with van der Waals surface area (Å²) in [6.45, 7) is 4.95. The molecule has 202 valence electrons. The number of hydrogen-bond acceptors (Lipinski definition) is 7. The van der Waals surface area contributed by atoms with Crippen LogP contribution in [-0.2, 0) is 11.4 Å². The third-order valence-electron chi connectivity index (χ3n) is 6.88. The van der Waals surface area contributed by atoms with Crippen LogP contribution in [0, 0.1) is 0 Å². The van der Waals surface area contributed by atoms with Gasteiger partial charge in [-0.2, -0.15) is 0 Å². The lowest BCUT2D eigenvalue weighted by molar-refractivity contribution is -0.127. The maximum Gasteiger partial charge on any atom is 0.332 e. The van der Waals surface area contributed by atoms with Crippen molar-refractivity contribution in [3.63, 3.8) is 0 Å². The standard InChI is InChI=1S/C29H26N6O4S/c1-2-23(36)34-14-6-7-19(16-34)32-27(37)26-25-24-21(12-13-30-28(24)40-26)35(29(38)33-25)22-11-10-18(15-31-22)17-39-20-8-4-3-5-9-20/h2-5,8-13,15,19H,1,6-7,14,16-17H2,(H,32,37)(H,33,38). The first kappa shape index (κ1) is 25.5. The normalized spacial score (nSPS) is 16.4. The minimum absolute atomic E-state index is 0.150. The summed E-state index contributed by atoms with van der Waals surface area (Å²) in [6.07, 6.45) is 6.12. The van der Waals surface area contributed by atoms with Crippen LogP contribution in [0.25, 0.3) is 10.2 Å². The number of thiophene rings is 1. The average Bonchev–Trinajstić information content (AvgIpc) is 3.36. The van der Waals surface area contributed by atoms with Gasteiger partial charge in [-0.15, -0.1) is 11.3 Å². The second-order valence-corrected chi connectivity index (χ2v) is 10.5. The van der Waals surface area contributed by atoms with Crippen molar-refractivity contribution in [2.75, 3.05) is 23.3 Å². The molecule has 6 rings (SSSR count). The van der Waals surface area contributed by atoms with Gasteiger partial charge in [-0.3, -0.25) is 9.59 Å². The number of pyridine rings is 2. The molecule has 0 saturated carbocycles. The molecular weight excluding hydrogens is 528 g/mol. The van der Waals surface area contributed by atoms with E-state index >= 15 is 0 Å². The first-order valence-electron chi connectivity index (χ1n) is 12.9. The van der Waals surface area contributed by atoms with Gasteiger partial charge in [0.1, 0.15) is 27.9 Å². The summed E-state index contributed by atoms with van der Waals surface area (Å²) in [5, 5.41) is 6.61. The van der Waals surface area contributed by atoms with E-state index in [2.05, 4.69) is 27.2 Å². The molecule has 4 amide bonds. The minimum atomic E-state index is -0.423. The lowest BCUT2D eigenvalue weighted by Gasteiger charge is -2.32. The number of piperidine rings is 1. The smallest absolute Gasteiger partial charge is 0.332 e. The molecular formula is C29H26N6O4S. The van der Waals surface area contributed by atoms with Crippen LogP contribution in [0.4, 0.5) is 22.0 Å². The number of urea groups is 1. The molecule has 4 aromatic rings. The molecule has 2 aliphatic heterocycles. The molecule has 40 heavy (non-hydrogen) atoms. The predicted molar refractivity (Wildman–Crippen MR) is 153 cm³/mol. The van der Waals surface area contributed by atoms with Crippen molar-refractivity contribution in [3.8, 4) is 5.75 Å². The molecule has 0 aliphatic carbocycles. The molecule has 10 nitrogen and oxygen atoms in total. The zero-order valence-corrected chi connectivity index (χ0v) is 22.3. The number of ether oxygens (including phenoxy) is 1. The summed E-state index contributed by atoms with van der Waals surface area (Å²) in [5.41, 5.74) is 1.89. The van der Waals surface area contributed by atoms with Crippen LogP contribution in [0.3, 0.4) is 0 Å². The number of para-hydroxylation sites is 1. The number of amides is 4. The van der Waals surface area contributed by atoms with E-state index in [0.29, 0.717) is 52.0 Å². The van der Waals surface area contributed by atoms with Gasteiger partial charge in [0.2, 0.25) is 5.91 Å². The van der Waals surface area contributed by atoms with Crippen LogP contribution in [0.15, 0.2) is 73.6 Å². The minimum Gasteiger partial charge on any atom is -0.489 e. The van der Waals surface area contributed by atoms with Crippen LogP contribution < -0.4 is 20.3 Å². The maximum absolute atomic E-state index is 13.4. The van der Waals surface area contributed by atoms with Crippen LogP contribution in [0.2, 0.25) is 0 Å². The molecule has 3 aromatic heterocycles. The van der Waals surface area contributed by atoms with Crippen molar-refractivity contribution in [1.29, 1.82) is 0 Å². The van der Waals surface area contributed by atoms with Crippen molar-refractivity contribution in [3.05, 3.63) is 84.0 Å². The number of benzene rings is 1. The topological polar surface area (TPSA) is 117 Å². The van der Waals surface area contributed by atoms with Gasteiger partial charge in [0.05, 0.1) is 16.8 Å². The quantitative estimate of drug-likeness (QED) is 0.315. The van der Waals surface area contributed by atoms with Crippen LogP contribution >= 0.6 is 11.3 Å². The predicted octanol–water partition coefficient (Wildman–Crippen LogP) is 4.86. The van der Waals surface area contributed by atoms with Crippen molar-refractivity contribution >= 4 is 56.6 Å². The number of hydrogen-bond donors (Lipinski definition) is 2. The Balaban J connectivity index is 1.23. The first-order valence-corrected chi connectivity index (χ1v) is 13.7. The number of nitrogens with zero attached hydrogens (tertiary/aromatic N) is 4. The Bertz CT molecular complexity index is 1600. The highest BCUT2D eigenvalue weighted by molar-refractivity contribution is 7.21.